The summed E-state index contributed by atoms with van der Waals surface area (Å²) in [4.78, 5) is 43.2. The number of rotatable bonds is 8. The number of aryl methyl sites for hydroxylation is 1. The lowest BCUT2D eigenvalue weighted by molar-refractivity contribution is -0.385. The molecule has 0 unspecified atom stereocenters. The summed E-state index contributed by atoms with van der Waals surface area (Å²) in [6, 6.07) is 2.17. The van der Waals surface area contributed by atoms with Crippen molar-refractivity contribution in [2.24, 2.45) is 0 Å². The van der Waals surface area contributed by atoms with E-state index in [1.54, 1.807) is 0 Å². The third kappa shape index (κ3) is 5.85. The summed E-state index contributed by atoms with van der Waals surface area (Å²) in [6.07, 6.45) is 1.34. The number of carboxylic acid groups (broad SMARTS) is 1. The van der Waals surface area contributed by atoms with Crippen LogP contribution in [0.15, 0.2) is 23.1 Å². The Morgan fingerprint density at radius 1 is 1.33 bits per heavy atom. The normalized spacial score (nSPS) is 10.1. The van der Waals surface area contributed by atoms with E-state index in [9.17, 15) is 24.5 Å². The largest absolute Gasteiger partial charge is 0.481 e. The zero-order valence-electron chi connectivity index (χ0n) is 11.2. The van der Waals surface area contributed by atoms with Gasteiger partial charge in [-0.3, -0.25) is 24.5 Å². The van der Waals surface area contributed by atoms with E-state index in [0.29, 0.717) is 6.42 Å². The summed E-state index contributed by atoms with van der Waals surface area (Å²) in [5.74, 6) is -1.29. The molecule has 0 spiro atoms. The summed E-state index contributed by atoms with van der Waals surface area (Å²) in [7, 11) is 0. The first-order chi connectivity index (χ1) is 9.90. The number of nitrogens with one attached hydrogen (secondary N) is 1. The van der Waals surface area contributed by atoms with Crippen LogP contribution in [0, 0.1) is 10.1 Å². The van der Waals surface area contributed by atoms with Gasteiger partial charge < -0.3 is 15.0 Å². The highest BCUT2D eigenvalue weighted by atomic mass is 16.6. The van der Waals surface area contributed by atoms with Crippen LogP contribution in [-0.2, 0) is 16.1 Å². The van der Waals surface area contributed by atoms with Crippen molar-refractivity contribution in [2.45, 2.75) is 25.8 Å². The van der Waals surface area contributed by atoms with E-state index in [4.69, 9.17) is 5.11 Å². The molecule has 0 bridgehead atoms. The van der Waals surface area contributed by atoms with Gasteiger partial charge in [0.1, 0.15) is 0 Å². The number of aromatic nitrogens is 1. The number of carboxylic acids is 1. The fraction of sp³-hybridized carbons (Fsp3) is 0.417. The van der Waals surface area contributed by atoms with Gasteiger partial charge in [-0.15, -0.1) is 0 Å². The van der Waals surface area contributed by atoms with Crippen molar-refractivity contribution in [3.63, 3.8) is 0 Å². The number of carbonyl (C=O) groups is 2. The lowest BCUT2D eigenvalue weighted by Crippen LogP contribution is -2.28. The highest BCUT2D eigenvalue weighted by molar-refractivity contribution is 5.75. The molecule has 2 N–H and O–H groups in total. The molecule has 114 valence electrons. The van der Waals surface area contributed by atoms with Crippen molar-refractivity contribution in [2.75, 3.05) is 6.54 Å². The van der Waals surface area contributed by atoms with Crippen LogP contribution in [-0.4, -0.2) is 33.0 Å². The topological polar surface area (TPSA) is 132 Å². The van der Waals surface area contributed by atoms with Crippen molar-refractivity contribution < 1.29 is 19.6 Å². The summed E-state index contributed by atoms with van der Waals surface area (Å²) >= 11 is 0. The lowest BCUT2D eigenvalue weighted by Gasteiger charge is -2.06. The molecule has 0 radical (unpaired) electrons. The molecule has 0 fully saturated rings. The number of carbonyl (C=O) groups excluding carboxylic acids is 1. The molecule has 1 rings (SSSR count). The maximum absolute atomic E-state index is 11.5. The first kappa shape index (κ1) is 16.3. The molecule has 0 aliphatic rings. The second kappa shape index (κ2) is 7.78. The van der Waals surface area contributed by atoms with E-state index < -0.39 is 16.5 Å². The van der Waals surface area contributed by atoms with Crippen molar-refractivity contribution in [3.05, 3.63) is 38.8 Å². The monoisotopic (exact) mass is 297 g/mol. The quantitative estimate of drug-likeness (QED) is 0.398. The number of nitrogens with zero attached hydrogens (tertiary/aromatic N) is 2. The maximum Gasteiger partial charge on any atom is 0.303 e. The van der Waals surface area contributed by atoms with E-state index in [-0.39, 0.29) is 37.5 Å². The first-order valence-corrected chi connectivity index (χ1v) is 6.23. The first-order valence-electron chi connectivity index (χ1n) is 6.23. The van der Waals surface area contributed by atoms with Crippen LogP contribution in [0.2, 0.25) is 0 Å². The second-order valence-corrected chi connectivity index (χ2v) is 4.27. The van der Waals surface area contributed by atoms with Gasteiger partial charge in [-0.1, -0.05) is 0 Å². The Bertz CT molecular complexity index is 595. The third-order valence-corrected chi connectivity index (χ3v) is 2.65. The molecular formula is C12H15N3O6. The predicted molar refractivity (Wildman–Crippen MR) is 71.9 cm³/mol. The number of aliphatic carboxylic acids is 1. The Labute approximate surface area is 119 Å². The molecular weight excluding hydrogens is 282 g/mol. The van der Waals surface area contributed by atoms with E-state index in [2.05, 4.69) is 5.32 Å². The molecule has 0 saturated carbocycles. The van der Waals surface area contributed by atoms with Gasteiger partial charge in [0.25, 0.3) is 11.2 Å². The average molecular weight is 297 g/mol. The fourth-order valence-electron chi connectivity index (χ4n) is 1.58. The highest BCUT2D eigenvalue weighted by Crippen LogP contribution is 2.06. The van der Waals surface area contributed by atoms with Crippen LogP contribution in [0.5, 0.6) is 0 Å². The van der Waals surface area contributed by atoms with E-state index in [0.717, 1.165) is 22.9 Å². The SMILES string of the molecule is O=C(O)CCCNC(=O)CCn1cc([N+](=O)[O-])ccc1=O. The number of pyridine rings is 1. The summed E-state index contributed by atoms with van der Waals surface area (Å²) in [5.41, 5.74) is -0.657. The number of amides is 1. The number of hydrogen-bond donors (Lipinski definition) is 2. The van der Waals surface area contributed by atoms with Gasteiger partial charge in [-0.25, -0.2) is 0 Å². The molecule has 0 aromatic carbocycles. The molecule has 1 heterocycles. The molecule has 9 nitrogen and oxygen atoms in total. The molecule has 1 aromatic rings. The Morgan fingerprint density at radius 3 is 2.67 bits per heavy atom. The second-order valence-electron chi connectivity index (χ2n) is 4.27. The third-order valence-electron chi connectivity index (χ3n) is 2.65. The van der Waals surface area contributed by atoms with E-state index >= 15 is 0 Å². The van der Waals surface area contributed by atoms with E-state index in [1.807, 2.05) is 0 Å². The van der Waals surface area contributed by atoms with Crippen LogP contribution in [0.3, 0.4) is 0 Å². The van der Waals surface area contributed by atoms with Crippen LogP contribution in [0.4, 0.5) is 5.69 Å². The van der Waals surface area contributed by atoms with Gasteiger partial charge in [0.15, 0.2) is 0 Å². The summed E-state index contributed by atoms with van der Waals surface area (Å²) in [6.45, 7) is 0.250. The molecule has 0 aliphatic carbocycles. The van der Waals surface area contributed by atoms with Gasteiger partial charge in [0.2, 0.25) is 5.91 Å². The Balaban J connectivity index is 2.46. The van der Waals surface area contributed by atoms with Crippen LogP contribution >= 0.6 is 0 Å². The van der Waals surface area contributed by atoms with Crippen molar-refractivity contribution >= 4 is 17.6 Å². The van der Waals surface area contributed by atoms with Gasteiger partial charge >= 0.3 is 5.97 Å². The van der Waals surface area contributed by atoms with Crippen molar-refractivity contribution in [1.29, 1.82) is 0 Å². The lowest BCUT2D eigenvalue weighted by atomic mass is 10.3. The zero-order chi connectivity index (χ0) is 15.8. The van der Waals surface area contributed by atoms with Crippen molar-refractivity contribution in [3.8, 4) is 0 Å². The number of hydrogen-bond acceptors (Lipinski definition) is 5. The fourth-order valence-corrected chi connectivity index (χ4v) is 1.58. The Morgan fingerprint density at radius 2 is 2.05 bits per heavy atom. The number of nitro groups is 1. The molecule has 0 atom stereocenters. The van der Waals surface area contributed by atoms with Gasteiger partial charge in [-0.2, -0.15) is 0 Å². The van der Waals surface area contributed by atoms with Crippen LogP contribution < -0.4 is 10.9 Å². The molecule has 0 saturated heterocycles. The van der Waals surface area contributed by atoms with Crippen molar-refractivity contribution in [1.82, 2.24) is 9.88 Å². The average Bonchev–Trinajstić information content (AvgIpc) is 2.42. The maximum atomic E-state index is 11.5. The van der Waals surface area contributed by atoms with Gasteiger partial charge in [0.05, 0.1) is 11.1 Å². The summed E-state index contributed by atoms with van der Waals surface area (Å²) in [5, 5.41) is 21.5. The summed E-state index contributed by atoms with van der Waals surface area (Å²) < 4.78 is 1.09. The molecule has 9 heteroatoms. The Kier molecular flexibility index (Phi) is 6.05. The van der Waals surface area contributed by atoms with Gasteiger partial charge in [0, 0.05) is 38.1 Å². The molecule has 0 aliphatic heterocycles. The van der Waals surface area contributed by atoms with Crippen LogP contribution in [0.1, 0.15) is 19.3 Å². The minimum atomic E-state index is -0.938. The predicted octanol–water partition coefficient (Wildman–Crippen LogP) is 0.128. The zero-order valence-corrected chi connectivity index (χ0v) is 11.2. The van der Waals surface area contributed by atoms with Crippen LogP contribution in [0.25, 0.3) is 0 Å². The molecule has 1 aromatic heterocycles. The molecule has 1 amide bonds. The van der Waals surface area contributed by atoms with E-state index in [1.165, 1.54) is 0 Å². The minimum Gasteiger partial charge on any atom is -0.481 e. The molecule has 21 heavy (non-hydrogen) atoms. The Hall–Kier alpha value is -2.71. The smallest absolute Gasteiger partial charge is 0.303 e. The highest BCUT2D eigenvalue weighted by Gasteiger charge is 2.09. The standard InChI is InChI=1S/C12H15N3O6/c16-10(13-6-1-2-12(18)19)5-7-14-8-9(15(20)21)3-4-11(14)17/h3-4,8H,1-2,5-7H2,(H,13,16)(H,18,19). The minimum absolute atomic E-state index is 0.0191. The van der Waals surface area contributed by atoms with Gasteiger partial charge in [-0.05, 0) is 6.42 Å².